The summed E-state index contributed by atoms with van der Waals surface area (Å²) in [6.07, 6.45) is 1.13. The molecule has 0 aromatic carbocycles. The van der Waals surface area contributed by atoms with Gasteiger partial charge in [-0.15, -0.1) is 11.3 Å². The Morgan fingerprint density at radius 1 is 1.64 bits per heavy atom. The van der Waals surface area contributed by atoms with Gasteiger partial charge < -0.3 is 5.32 Å². The second kappa shape index (κ2) is 4.24. The highest BCUT2D eigenvalue weighted by Crippen LogP contribution is 2.26. The van der Waals surface area contributed by atoms with E-state index in [2.05, 4.69) is 34.2 Å². The molecule has 0 unspecified atom stereocenters. The molecule has 1 aromatic heterocycles. The van der Waals surface area contributed by atoms with Crippen LogP contribution in [-0.2, 0) is 6.42 Å². The lowest BCUT2D eigenvalue weighted by Crippen LogP contribution is -2.09. The molecule has 0 saturated heterocycles. The highest BCUT2D eigenvalue weighted by atomic mass is 79.9. The Hall–Kier alpha value is 0.140. The molecule has 0 radical (unpaired) electrons. The van der Waals surface area contributed by atoms with E-state index in [1.807, 2.05) is 18.4 Å². The van der Waals surface area contributed by atoms with Gasteiger partial charge in [-0.1, -0.05) is 0 Å². The van der Waals surface area contributed by atoms with Gasteiger partial charge in [-0.2, -0.15) is 0 Å². The molecule has 0 amide bonds. The molecule has 3 heteroatoms. The van der Waals surface area contributed by atoms with E-state index in [1.165, 1.54) is 14.2 Å². The minimum atomic E-state index is 1.06. The summed E-state index contributed by atoms with van der Waals surface area (Å²) in [7, 11) is 1.98. The number of halogens is 1. The summed E-state index contributed by atoms with van der Waals surface area (Å²) in [6.45, 7) is 3.20. The summed E-state index contributed by atoms with van der Waals surface area (Å²) >= 11 is 5.37. The van der Waals surface area contributed by atoms with Crippen molar-refractivity contribution >= 4 is 27.3 Å². The minimum Gasteiger partial charge on any atom is -0.319 e. The predicted octanol–water partition coefficient (Wildman–Crippen LogP) is 2.58. The van der Waals surface area contributed by atoms with Gasteiger partial charge in [0.2, 0.25) is 0 Å². The second-order valence-corrected chi connectivity index (χ2v) is 4.67. The fourth-order valence-corrected chi connectivity index (χ4v) is 2.49. The number of nitrogens with one attached hydrogen (secondary N) is 1. The number of aryl methyl sites for hydroxylation is 1. The number of thiophene rings is 1. The van der Waals surface area contributed by atoms with E-state index in [0.717, 1.165) is 13.0 Å². The van der Waals surface area contributed by atoms with Crippen LogP contribution in [0.5, 0.6) is 0 Å². The third-order valence-electron chi connectivity index (χ3n) is 1.53. The Bertz CT molecular complexity index is 212. The van der Waals surface area contributed by atoms with Crippen molar-refractivity contribution in [2.24, 2.45) is 0 Å². The molecule has 0 spiro atoms. The molecule has 1 aromatic rings. The van der Waals surface area contributed by atoms with Gasteiger partial charge in [0.15, 0.2) is 0 Å². The standard InChI is InChI=1S/C8H12BrNS/c1-6-8(9)5-7(11-6)3-4-10-2/h5,10H,3-4H2,1-2H3. The average Bonchev–Trinajstić information content (AvgIpc) is 2.28. The first-order valence-electron chi connectivity index (χ1n) is 3.63. The van der Waals surface area contributed by atoms with Crippen molar-refractivity contribution in [3.63, 3.8) is 0 Å². The molecule has 0 atom stereocenters. The van der Waals surface area contributed by atoms with Crippen LogP contribution < -0.4 is 5.32 Å². The summed E-state index contributed by atoms with van der Waals surface area (Å²) in [4.78, 5) is 2.82. The molecule has 0 fully saturated rings. The molecule has 0 aliphatic heterocycles. The SMILES string of the molecule is CNCCc1cc(Br)c(C)s1. The smallest absolute Gasteiger partial charge is 0.0314 e. The van der Waals surface area contributed by atoms with Gasteiger partial charge in [0.1, 0.15) is 0 Å². The van der Waals surface area contributed by atoms with E-state index in [1.54, 1.807) is 0 Å². The van der Waals surface area contributed by atoms with Crippen molar-refractivity contribution in [3.05, 3.63) is 20.3 Å². The van der Waals surface area contributed by atoms with Crippen molar-refractivity contribution in [1.82, 2.24) is 5.32 Å². The second-order valence-electron chi connectivity index (χ2n) is 2.47. The first-order chi connectivity index (χ1) is 5.24. The Morgan fingerprint density at radius 2 is 2.36 bits per heavy atom. The Kier molecular flexibility index (Phi) is 3.55. The van der Waals surface area contributed by atoms with Crippen LogP contribution in [0.3, 0.4) is 0 Å². The maximum absolute atomic E-state index is 3.50. The molecular weight excluding hydrogens is 222 g/mol. The molecule has 1 nitrogen and oxygen atoms in total. The lowest BCUT2D eigenvalue weighted by Gasteiger charge is -1.93. The summed E-state index contributed by atoms with van der Waals surface area (Å²) in [5.41, 5.74) is 0. The van der Waals surface area contributed by atoms with Crippen LogP contribution in [0.15, 0.2) is 10.5 Å². The van der Waals surface area contributed by atoms with Crippen molar-refractivity contribution in [2.45, 2.75) is 13.3 Å². The molecule has 62 valence electrons. The quantitative estimate of drug-likeness (QED) is 0.847. The Labute approximate surface area is 79.9 Å². The molecule has 1 N–H and O–H groups in total. The van der Waals surface area contributed by atoms with Crippen LogP contribution in [0.1, 0.15) is 9.75 Å². The van der Waals surface area contributed by atoms with E-state index < -0.39 is 0 Å². The van der Waals surface area contributed by atoms with Crippen LogP contribution in [0.25, 0.3) is 0 Å². The number of rotatable bonds is 3. The largest absolute Gasteiger partial charge is 0.319 e. The lowest BCUT2D eigenvalue weighted by atomic mass is 10.3. The van der Waals surface area contributed by atoms with Crippen molar-refractivity contribution < 1.29 is 0 Å². The third-order valence-corrected chi connectivity index (χ3v) is 3.73. The third kappa shape index (κ3) is 2.58. The summed E-state index contributed by atoms with van der Waals surface area (Å²) in [5.74, 6) is 0. The van der Waals surface area contributed by atoms with Crippen LogP contribution in [0.4, 0.5) is 0 Å². The number of hydrogen-bond donors (Lipinski definition) is 1. The number of hydrogen-bond acceptors (Lipinski definition) is 2. The van der Waals surface area contributed by atoms with Crippen molar-refractivity contribution in [1.29, 1.82) is 0 Å². The number of likely N-dealkylation sites (N-methyl/N-ethyl adjacent to an activating group) is 1. The monoisotopic (exact) mass is 233 g/mol. The summed E-state index contributed by atoms with van der Waals surface area (Å²) in [6, 6.07) is 2.21. The zero-order chi connectivity index (χ0) is 8.27. The molecule has 0 saturated carbocycles. The van der Waals surface area contributed by atoms with E-state index in [4.69, 9.17) is 0 Å². The fraction of sp³-hybridized carbons (Fsp3) is 0.500. The molecule has 0 bridgehead atoms. The van der Waals surface area contributed by atoms with E-state index in [0.29, 0.717) is 0 Å². The van der Waals surface area contributed by atoms with Gasteiger partial charge in [0.25, 0.3) is 0 Å². The van der Waals surface area contributed by atoms with Crippen molar-refractivity contribution in [2.75, 3.05) is 13.6 Å². The highest BCUT2D eigenvalue weighted by Gasteiger charge is 2.00. The molecule has 11 heavy (non-hydrogen) atoms. The van der Waals surface area contributed by atoms with Gasteiger partial charge in [-0.05, 0) is 48.9 Å². The Balaban J connectivity index is 2.58. The molecule has 1 heterocycles. The van der Waals surface area contributed by atoms with Crippen LogP contribution in [-0.4, -0.2) is 13.6 Å². The topological polar surface area (TPSA) is 12.0 Å². The first kappa shape index (κ1) is 9.23. The molecule has 1 rings (SSSR count). The van der Waals surface area contributed by atoms with Crippen molar-refractivity contribution in [3.8, 4) is 0 Å². The first-order valence-corrected chi connectivity index (χ1v) is 5.24. The van der Waals surface area contributed by atoms with Gasteiger partial charge in [0.05, 0.1) is 0 Å². The Morgan fingerprint density at radius 3 is 2.82 bits per heavy atom. The lowest BCUT2D eigenvalue weighted by molar-refractivity contribution is 0.799. The van der Waals surface area contributed by atoms with Gasteiger partial charge in [0, 0.05) is 14.2 Å². The molecule has 0 aliphatic rings. The maximum atomic E-state index is 3.50. The van der Waals surface area contributed by atoms with Gasteiger partial charge in [-0.25, -0.2) is 0 Å². The zero-order valence-corrected chi connectivity index (χ0v) is 9.18. The molecular formula is C8H12BrNS. The van der Waals surface area contributed by atoms with Crippen LogP contribution in [0.2, 0.25) is 0 Å². The fourth-order valence-electron chi connectivity index (χ4n) is 0.889. The normalized spacial score (nSPS) is 10.5. The predicted molar refractivity (Wildman–Crippen MR) is 54.4 cm³/mol. The van der Waals surface area contributed by atoms with E-state index in [9.17, 15) is 0 Å². The van der Waals surface area contributed by atoms with Gasteiger partial charge >= 0.3 is 0 Å². The maximum Gasteiger partial charge on any atom is 0.0314 e. The minimum absolute atomic E-state index is 1.06. The van der Waals surface area contributed by atoms with E-state index >= 15 is 0 Å². The average molecular weight is 234 g/mol. The van der Waals surface area contributed by atoms with Gasteiger partial charge in [-0.3, -0.25) is 0 Å². The zero-order valence-electron chi connectivity index (χ0n) is 6.78. The molecule has 0 aliphatic carbocycles. The summed E-state index contributed by atoms with van der Waals surface area (Å²) in [5, 5.41) is 3.14. The van der Waals surface area contributed by atoms with Crippen LogP contribution >= 0.6 is 27.3 Å². The van der Waals surface area contributed by atoms with Crippen LogP contribution in [0, 0.1) is 6.92 Å². The summed E-state index contributed by atoms with van der Waals surface area (Å²) < 4.78 is 1.24. The van der Waals surface area contributed by atoms with E-state index in [-0.39, 0.29) is 0 Å². The highest BCUT2D eigenvalue weighted by molar-refractivity contribution is 9.10.